The summed E-state index contributed by atoms with van der Waals surface area (Å²) in [7, 11) is 0. The van der Waals surface area contributed by atoms with Crippen molar-refractivity contribution >= 4 is 17.5 Å². The molecule has 0 aromatic heterocycles. The number of anilines is 1. The summed E-state index contributed by atoms with van der Waals surface area (Å²) in [5.74, 6) is 0.255. The standard InChI is InChI=1S/C18H27N3O2/c1-14(2)13-17(22)19-15(3)18(23)21-11-9-20(10-12-21)16-7-5-4-6-8-16/h4-8,14-15H,9-13H2,1-3H3,(H,19,22)/t15-/m0/s1. The molecule has 2 amide bonds. The van der Waals surface area contributed by atoms with Crippen LogP contribution in [0.2, 0.25) is 0 Å². The molecule has 1 heterocycles. The first-order valence-corrected chi connectivity index (χ1v) is 8.35. The predicted molar refractivity (Wildman–Crippen MR) is 92.3 cm³/mol. The number of nitrogens with one attached hydrogen (secondary N) is 1. The summed E-state index contributed by atoms with van der Waals surface area (Å²) in [6.45, 7) is 8.79. The molecule has 126 valence electrons. The molecule has 1 atom stereocenters. The van der Waals surface area contributed by atoms with Gasteiger partial charge in [0.1, 0.15) is 6.04 Å². The molecule has 0 aliphatic carbocycles. The average molecular weight is 317 g/mol. The van der Waals surface area contributed by atoms with E-state index in [1.165, 1.54) is 5.69 Å². The van der Waals surface area contributed by atoms with E-state index in [2.05, 4.69) is 22.3 Å². The molecule has 1 fully saturated rings. The molecule has 2 rings (SSSR count). The van der Waals surface area contributed by atoms with Crippen molar-refractivity contribution in [3.8, 4) is 0 Å². The van der Waals surface area contributed by atoms with Crippen LogP contribution in [0.15, 0.2) is 30.3 Å². The molecule has 0 unspecified atom stereocenters. The Hall–Kier alpha value is -2.04. The average Bonchev–Trinajstić information content (AvgIpc) is 2.54. The highest BCUT2D eigenvalue weighted by Gasteiger charge is 2.25. The topological polar surface area (TPSA) is 52.7 Å². The Morgan fingerprint density at radius 1 is 1.04 bits per heavy atom. The molecular weight excluding hydrogens is 290 g/mol. The molecule has 1 aliphatic heterocycles. The van der Waals surface area contributed by atoms with E-state index in [1.807, 2.05) is 36.9 Å². The molecule has 23 heavy (non-hydrogen) atoms. The first-order valence-electron chi connectivity index (χ1n) is 8.35. The predicted octanol–water partition coefficient (Wildman–Crippen LogP) is 1.89. The molecule has 0 bridgehead atoms. The number of carbonyl (C=O) groups is 2. The van der Waals surface area contributed by atoms with E-state index in [-0.39, 0.29) is 11.8 Å². The fraction of sp³-hybridized carbons (Fsp3) is 0.556. The van der Waals surface area contributed by atoms with Gasteiger partial charge in [0.15, 0.2) is 0 Å². The molecule has 0 saturated carbocycles. The summed E-state index contributed by atoms with van der Waals surface area (Å²) < 4.78 is 0. The van der Waals surface area contributed by atoms with E-state index in [4.69, 9.17) is 0 Å². The quantitative estimate of drug-likeness (QED) is 0.902. The Labute approximate surface area is 138 Å². The molecule has 0 spiro atoms. The van der Waals surface area contributed by atoms with Crippen LogP contribution in [0.3, 0.4) is 0 Å². The summed E-state index contributed by atoms with van der Waals surface area (Å²) in [6, 6.07) is 9.78. The normalized spacial score (nSPS) is 16.3. The third-order valence-corrected chi connectivity index (χ3v) is 4.05. The summed E-state index contributed by atoms with van der Waals surface area (Å²) in [6.07, 6.45) is 0.458. The van der Waals surface area contributed by atoms with Crippen LogP contribution in [0.25, 0.3) is 0 Å². The van der Waals surface area contributed by atoms with E-state index in [1.54, 1.807) is 6.92 Å². The van der Waals surface area contributed by atoms with E-state index in [0.29, 0.717) is 25.4 Å². The van der Waals surface area contributed by atoms with Crippen LogP contribution in [0, 0.1) is 5.92 Å². The molecule has 5 heteroatoms. The third kappa shape index (κ3) is 4.98. The Bertz CT molecular complexity index is 522. The van der Waals surface area contributed by atoms with Gasteiger partial charge >= 0.3 is 0 Å². The lowest BCUT2D eigenvalue weighted by Crippen LogP contribution is -2.54. The van der Waals surface area contributed by atoms with Gasteiger partial charge in [-0.1, -0.05) is 32.0 Å². The van der Waals surface area contributed by atoms with Crippen molar-refractivity contribution < 1.29 is 9.59 Å². The molecule has 0 radical (unpaired) electrons. The van der Waals surface area contributed by atoms with E-state index >= 15 is 0 Å². The minimum Gasteiger partial charge on any atom is -0.368 e. The van der Waals surface area contributed by atoms with Gasteiger partial charge < -0.3 is 15.1 Å². The minimum absolute atomic E-state index is 0.00909. The monoisotopic (exact) mass is 317 g/mol. The van der Waals surface area contributed by atoms with Gasteiger partial charge in [-0.05, 0) is 25.0 Å². The maximum Gasteiger partial charge on any atom is 0.244 e. The highest BCUT2D eigenvalue weighted by molar-refractivity contribution is 5.87. The van der Waals surface area contributed by atoms with Gasteiger partial charge in [0.05, 0.1) is 0 Å². The number of amides is 2. The van der Waals surface area contributed by atoms with E-state index in [0.717, 1.165) is 13.1 Å². The Kier molecular flexibility index (Phi) is 6.02. The number of benzene rings is 1. The van der Waals surface area contributed by atoms with E-state index in [9.17, 15) is 9.59 Å². The van der Waals surface area contributed by atoms with Gasteiger partial charge in [-0.2, -0.15) is 0 Å². The second-order valence-electron chi connectivity index (χ2n) is 6.54. The van der Waals surface area contributed by atoms with Crippen molar-refractivity contribution in [2.24, 2.45) is 5.92 Å². The second kappa shape index (κ2) is 7.99. The first kappa shape index (κ1) is 17.3. The van der Waals surface area contributed by atoms with Gasteiger partial charge in [-0.25, -0.2) is 0 Å². The summed E-state index contributed by atoms with van der Waals surface area (Å²) in [5.41, 5.74) is 1.19. The number of para-hydroxylation sites is 1. The van der Waals surface area contributed by atoms with Gasteiger partial charge in [0, 0.05) is 38.3 Å². The lowest BCUT2D eigenvalue weighted by atomic mass is 10.1. The van der Waals surface area contributed by atoms with Crippen LogP contribution < -0.4 is 10.2 Å². The van der Waals surface area contributed by atoms with Crippen molar-refractivity contribution in [2.75, 3.05) is 31.1 Å². The number of hydrogen-bond donors (Lipinski definition) is 1. The zero-order valence-electron chi connectivity index (χ0n) is 14.3. The maximum atomic E-state index is 12.5. The fourth-order valence-electron chi connectivity index (χ4n) is 2.83. The highest BCUT2D eigenvalue weighted by atomic mass is 16.2. The van der Waals surface area contributed by atoms with Crippen LogP contribution in [0.5, 0.6) is 0 Å². The zero-order valence-corrected chi connectivity index (χ0v) is 14.3. The Morgan fingerprint density at radius 3 is 2.22 bits per heavy atom. The second-order valence-corrected chi connectivity index (χ2v) is 6.54. The smallest absolute Gasteiger partial charge is 0.244 e. The lowest BCUT2D eigenvalue weighted by molar-refractivity contribution is -0.136. The summed E-state index contributed by atoms with van der Waals surface area (Å²) >= 11 is 0. The van der Waals surface area contributed by atoms with E-state index < -0.39 is 6.04 Å². The Balaban J connectivity index is 1.82. The first-order chi connectivity index (χ1) is 11.0. The van der Waals surface area contributed by atoms with Crippen molar-refractivity contribution in [1.29, 1.82) is 0 Å². The van der Waals surface area contributed by atoms with Crippen LogP contribution >= 0.6 is 0 Å². The van der Waals surface area contributed by atoms with Gasteiger partial charge in [0.2, 0.25) is 11.8 Å². The maximum absolute atomic E-state index is 12.5. The largest absolute Gasteiger partial charge is 0.368 e. The lowest BCUT2D eigenvalue weighted by Gasteiger charge is -2.37. The SMILES string of the molecule is CC(C)CC(=O)N[C@@H](C)C(=O)N1CCN(c2ccccc2)CC1. The molecular formula is C18H27N3O2. The minimum atomic E-state index is -0.454. The number of rotatable bonds is 5. The molecule has 1 aromatic rings. The van der Waals surface area contributed by atoms with Crippen molar-refractivity contribution in [1.82, 2.24) is 10.2 Å². The number of hydrogen-bond acceptors (Lipinski definition) is 3. The molecule has 5 nitrogen and oxygen atoms in total. The van der Waals surface area contributed by atoms with Gasteiger partial charge in [0.25, 0.3) is 0 Å². The van der Waals surface area contributed by atoms with Gasteiger partial charge in [-0.15, -0.1) is 0 Å². The van der Waals surface area contributed by atoms with Crippen LogP contribution in [0.4, 0.5) is 5.69 Å². The Morgan fingerprint density at radius 2 is 1.65 bits per heavy atom. The fourth-order valence-corrected chi connectivity index (χ4v) is 2.83. The summed E-state index contributed by atoms with van der Waals surface area (Å²) in [5, 5.41) is 2.81. The van der Waals surface area contributed by atoms with Crippen molar-refractivity contribution in [2.45, 2.75) is 33.2 Å². The molecule has 1 N–H and O–H groups in total. The highest BCUT2D eigenvalue weighted by Crippen LogP contribution is 2.15. The van der Waals surface area contributed by atoms with Crippen LogP contribution in [-0.4, -0.2) is 48.9 Å². The number of nitrogens with zero attached hydrogens (tertiary/aromatic N) is 2. The number of piperazine rings is 1. The molecule has 1 aromatic carbocycles. The number of carbonyl (C=O) groups excluding carboxylic acids is 2. The third-order valence-electron chi connectivity index (χ3n) is 4.05. The van der Waals surface area contributed by atoms with Crippen molar-refractivity contribution in [3.63, 3.8) is 0 Å². The summed E-state index contributed by atoms with van der Waals surface area (Å²) in [4.78, 5) is 28.4. The van der Waals surface area contributed by atoms with Crippen LogP contribution in [0.1, 0.15) is 27.2 Å². The van der Waals surface area contributed by atoms with Crippen molar-refractivity contribution in [3.05, 3.63) is 30.3 Å². The zero-order chi connectivity index (χ0) is 16.8. The van der Waals surface area contributed by atoms with Gasteiger partial charge in [-0.3, -0.25) is 9.59 Å². The van der Waals surface area contributed by atoms with Crippen LogP contribution in [-0.2, 0) is 9.59 Å². The molecule has 1 saturated heterocycles. The molecule has 1 aliphatic rings.